The summed E-state index contributed by atoms with van der Waals surface area (Å²) in [5, 5.41) is 7.14. The van der Waals surface area contributed by atoms with Crippen molar-refractivity contribution in [2.45, 2.75) is 46.0 Å². The summed E-state index contributed by atoms with van der Waals surface area (Å²) in [5.74, 6) is 7.69. The van der Waals surface area contributed by atoms with Crippen LogP contribution in [0, 0.1) is 24.7 Å². The Hall–Kier alpha value is -1.76. The maximum absolute atomic E-state index is 11.2. The first-order valence-electron chi connectivity index (χ1n) is 6.90. The van der Waals surface area contributed by atoms with Crippen molar-refractivity contribution in [1.82, 2.24) is 9.78 Å². The molecule has 1 N–H and O–H groups in total. The minimum absolute atomic E-state index is 0.0938. The van der Waals surface area contributed by atoms with Crippen LogP contribution >= 0.6 is 0 Å². The molecular formula is C15H21N3O. The molecule has 1 aromatic heterocycles. The van der Waals surface area contributed by atoms with Gasteiger partial charge in [0.2, 0.25) is 5.91 Å². The Morgan fingerprint density at radius 3 is 2.68 bits per heavy atom. The molecule has 1 amide bonds. The fraction of sp³-hybridized carbons (Fsp3) is 0.600. The van der Waals surface area contributed by atoms with E-state index < -0.39 is 0 Å². The van der Waals surface area contributed by atoms with Gasteiger partial charge in [-0.15, -0.1) is 0 Å². The zero-order valence-corrected chi connectivity index (χ0v) is 11.9. The third kappa shape index (κ3) is 3.37. The lowest BCUT2D eigenvalue weighted by Crippen LogP contribution is -2.11. The summed E-state index contributed by atoms with van der Waals surface area (Å²) in [4.78, 5) is 11.2. The second-order valence-corrected chi connectivity index (χ2v) is 5.22. The van der Waals surface area contributed by atoms with E-state index in [1.807, 2.05) is 14.0 Å². The van der Waals surface area contributed by atoms with Crippen LogP contribution in [-0.2, 0) is 11.8 Å². The molecule has 1 aliphatic rings. The predicted octanol–water partition coefficient (Wildman–Crippen LogP) is 2.62. The van der Waals surface area contributed by atoms with Gasteiger partial charge in [0.15, 0.2) is 0 Å². The Morgan fingerprint density at radius 1 is 1.37 bits per heavy atom. The Morgan fingerprint density at radius 2 is 2.05 bits per heavy atom. The number of rotatable bonds is 1. The maximum Gasteiger partial charge on any atom is 0.222 e. The van der Waals surface area contributed by atoms with Crippen molar-refractivity contribution >= 4 is 11.7 Å². The molecule has 102 valence electrons. The van der Waals surface area contributed by atoms with Crippen LogP contribution in [-0.4, -0.2) is 15.7 Å². The first kappa shape index (κ1) is 13.7. The van der Waals surface area contributed by atoms with Crippen LogP contribution < -0.4 is 5.32 Å². The predicted molar refractivity (Wildman–Crippen MR) is 75.7 cm³/mol. The average Bonchev–Trinajstić information content (AvgIpc) is 2.63. The monoisotopic (exact) mass is 259 g/mol. The topological polar surface area (TPSA) is 46.9 Å². The highest BCUT2D eigenvalue weighted by Gasteiger charge is 2.14. The van der Waals surface area contributed by atoms with Crippen LogP contribution in [0.3, 0.4) is 0 Å². The van der Waals surface area contributed by atoms with Crippen molar-refractivity contribution in [3.8, 4) is 11.8 Å². The van der Waals surface area contributed by atoms with E-state index in [0.717, 1.165) is 11.3 Å². The summed E-state index contributed by atoms with van der Waals surface area (Å²) in [7, 11) is 1.82. The van der Waals surface area contributed by atoms with Gasteiger partial charge in [-0.2, -0.15) is 5.10 Å². The van der Waals surface area contributed by atoms with Crippen LogP contribution in [0.5, 0.6) is 0 Å². The lowest BCUT2D eigenvalue weighted by atomic mass is 9.89. The minimum Gasteiger partial charge on any atom is -0.310 e. The molecule has 2 rings (SSSR count). The lowest BCUT2D eigenvalue weighted by Gasteiger charge is -2.15. The van der Waals surface area contributed by atoms with Crippen LogP contribution in [0.1, 0.15) is 50.3 Å². The van der Waals surface area contributed by atoms with Crippen LogP contribution in [0.15, 0.2) is 0 Å². The summed E-state index contributed by atoms with van der Waals surface area (Å²) in [6, 6.07) is 0. The molecule has 4 heteroatoms. The van der Waals surface area contributed by atoms with Gasteiger partial charge in [0.05, 0.1) is 11.3 Å². The third-order valence-corrected chi connectivity index (χ3v) is 3.52. The summed E-state index contributed by atoms with van der Waals surface area (Å²) in [6.07, 6.45) is 6.29. The van der Waals surface area contributed by atoms with E-state index in [0.29, 0.717) is 11.7 Å². The molecule has 1 heterocycles. The minimum atomic E-state index is -0.0938. The molecule has 0 spiro atoms. The molecule has 1 aromatic rings. The Labute approximate surface area is 114 Å². The van der Waals surface area contributed by atoms with E-state index in [9.17, 15) is 4.79 Å². The normalized spacial score (nSPS) is 15.7. The molecule has 0 bridgehead atoms. The molecule has 4 nitrogen and oxygen atoms in total. The number of aromatic nitrogens is 2. The number of nitrogens with one attached hydrogen (secondary N) is 1. The molecule has 0 saturated heterocycles. The van der Waals surface area contributed by atoms with Crippen LogP contribution in [0.2, 0.25) is 0 Å². The number of hydrogen-bond acceptors (Lipinski definition) is 2. The SMILES string of the molecule is CC(=O)Nc1c(C#CC2CCCCC2)c(C)nn1C. The maximum atomic E-state index is 11.2. The van der Waals surface area contributed by atoms with E-state index in [1.54, 1.807) is 4.68 Å². The third-order valence-electron chi connectivity index (χ3n) is 3.52. The number of carbonyl (C=O) groups is 1. The molecule has 0 unspecified atom stereocenters. The van der Waals surface area contributed by atoms with E-state index in [-0.39, 0.29) is 5.91 Å². The Balaban J connectivity index is 2.23. The molecular weight excluding hydrogens is 238 g/mol. The molecule has 0 atom stereocenters. The van der Waals surface area contributed by atoms with Crippen molar-refractivity contribution in [1.29, 1.82) is 0 Å². The molecule has 19 heavy (non-hydrogen) atoms. The van der Waals surface area contributed by atoms with Crippen molar-refractivity contribution < 1.29 is 4.79 Å². The van der Waals surface area contributed by atoms with Gasteiger partial charge >= 0.3 is 0 Å². The fourth-order valence-corrected chi connectivity index (χ4v) is 2.54. The number of nitrogens with zero attached hydrogens (tertiary/aromatic N) is 2. The summed E-state index contributed by atoms with van der Waals surface area (Å²) in [6.45, 7) is 3.43. The van der Waals surface area contributed by atoms with Gasteiger partial charge in [0.1, 0.15) is 5.82 Å². The highest BCUT2D eigenvalue weighted by atomic mass is 16.1. The van der Waals surface area contributed by atoms with E-state index in [4.69, 9.17) is 0 Å². The van der Waals surface area contributed by atoms with Crippen molar-refractivity contribution in [2.75, 3.05) is 5.32 Å². The van der Waals surface area contributed by atoms with E-state index >= 15 is 0 Å². The smallest absolute Gasteiger partial charge is 0.222 e. The van der Waals surface area contributed by atoms with Crippen molar-refractivity contribution in [3.63, 3.8) is 0 Å². The van der Waals surface area contributed by atoms with Gasteiger partial charge in [-0.1, -0.05) is 31.1 Å². The number of hydrogen-bond donors (Lipinski definition) is 1. The molecule has 1 fully saturated rings. The fourth-order valence-electron chi connectivity index (χ4n) is 2.54. The zero-order chi connectivity index (χ0) is 13.8. The summed E-state index contributed by atoms with van der Waals surface area (Å²) in [5.41, 5.74) is 1.72. The van der Waals surface area contributed by atoms with Crippen molar-refractivity contribution in [2.24, 2.45) is 13.0 Å². The van der Waals surface area contributed by atoms with Gasteiger partial charge < -0.3 is 5.32 Å². The van der Waals surface area contributed by atoms with Gasteiger partial charge in [-0.3, -0.25) is 9.48 Å². The quantitative estimate of drug-likeness (QED) is 0.788. The largest absolute Gasteiger partial charge is 0.310 e. The van der Waals surface area contributed by atoms with E-state index in [2.05, 4.69) is 22.3 Å². The molecule has 0 aromatic carbocycles. The summed E-state index contributed by atoms with van der Waals surface area (Å²) < 4.78 is 1.68. The number of aryl methyl sites for hydroxylation is 2. The second kappa shape index (κ2) is 5.92. The number of carbonyl (C=O) groups excluding carboxylic acids is 1. The highest BCUT2D eigenvalue weighted by molar-refractivity contribution is 5.89. The van der Waals surface area contributed by atoms with Crippen LogP contribution in [0.4, 0.5) is 5.82 Å². The molecule has 0 radical (unpaired) electrons. The van der Waals surface area contributed by atoms with Crippen LogP contribution in [0.25, 0.3) is 0 Å². The number of amides is 1. The lowest BCUT2D eigenvalue weighted by molar-refractivity contribution is -0.114. The zero-order valence-electron chi connectivity index (χ0n) is 11.9. The first-order valence-corrected chi connectivity index (χ1v) is 6.90. The van der Waals surface area contributed by atoms with E-state index in [1.165, 1.54) is 39.0 Å². The van der Waals surface area contributed by atoms with Crippen molar-refractivity contribution in [3.05, 3.63) is 11.3 Å². The molecule has 1 aliphatic carbocycles. The Bertz CT molecular complexity index is 528. The number of anilines is 1. The van der Waals surface area contributed by atoms with Gasteiger partial charge in [-0.05, 0) is 19.8 Å². The Kier molecular flexibility index (Phi) is 4.26. The average molecular weight is 259 g/mol. The summed E-state index contributed by atoms with van der Waals surface area (Å²) >= 11 is 0. The van der Waals surface area contributed by atoms with Gasteiger partial charge in [-0.25, -0.2) is 0 Å². The first-order chi connectivity index (χ1) is 9.08. The standard InChI is InChI=1S/C15H21N3O/c1-11-14(10-9-13-7-5-4-6-8-13)15(16-12(2)19)18(3)17-11/h13H,4-8H2,1-3H3,(H,16,19). The van der Waals surface area contributed by atoms with Gasteiger partial charge in [0.25, 0.3) is 0 Å². The second-order valence-electron chi connectivity index (χ2n) is 5.22. The molecule has 1 saturated carbocycles. The van der Waals surface area contributed by atoms with Gasteiger partial charge in [0, 0.05) is 19.9 Å². The highest BCUT2D eigenvalue weighted by Crippen LogP contribution is 2.23. The molecule has 0 aliphatic heterocycles.